The van der Waals surface area contributed by atoms with E-state index in [9.17, 15) is 14.7 Å². The minimum absolute atomic E-state index is 0.198. The van der Waals surface area contributed by atoms with Crippen LogP contribution in [0, 0.1) is 5.92 Å². The molecule has 2 aliphatic heterocycles. The molecule has 0 radical (unpaired) electrons. The molecule has 1 aromatic rings. The number of rotatable bonds is 7. The fraction of sp³-hybridized carbons (Fsp3) is 0.714. The molecular weight excluding hydrogens is 370 g/mol. The molecule has 8 nitrogen and oxygen atoms in total. The first-order valence-electron chi connectivity index (χ1n) is 10.9. The highest BCUT2D eigenvalue weighted by Crippen LogP contribution is 2.35. The van der Waals surface area contributed by atoms with Crippen LogP contribution in [0.25, 0.3) is 0 Å². The number of amides is 2. The van der Waals surface area contributed by atoms with Gasteiger partial charge in [0.05, 0.1) is 6.10 Å². The lowest BCUT2D eigenvalue weighted by Crippen LogP contribution is -2.47. The van der Waals surface area contributed by atoms with Gasteiger partial charge in [0.1, 0.15) is 0 Å². The molecule has 3 fully saturated rings. The number of nitrogens with zero attached hydrogens (tertiary/aromatic N) is 4. The molecule has 2 N–H and O–H groups in total. The van der Waals surface area contributed by atoms with E-state index in [2.05, 4.69) is 20.4 Å². The SMILES string of the molecule is O=C(NC[C@@H]1CC[C@H](CC(=O)N2CCC(O)CC2)N1CC1CC1)c1cccnn1. The molecule has 1 aliphatic carbocycles. The Morgan fingerprint density at radius 3 is 2.55 bits per heavy atom. The summed E-state index contributed by atoms with van der Waals surface area (Å²) in [6, 6.07) is 3.87. The summed E-state index contributed by atoms with van der Waals surface area (Å²) in [7, 11) is 0. The number of piperidine rings is 1. The van der Waals surface area contributed by atoms with E-state index < -0.39 is 0 Å². The highest BCUT2D eigenvalue weighted by Gasteiger charge is 2.38. The van der Waals surface area contributed by atoms with E-state index >= 15 is 0 Å². The molecule has 0 unspecified atom stereocenters. The molecule has 0 aromatic carbocycles. The minimum atomic E-state index is -0.265. The van der Waals surface area contributed by atoms with E-state index in [0.29, 0.717) is 44.6 Å². The second-order valence-corrected chi connectivity index (χ2v) is 8.66. The lowest BCUT2D eigenvalue weighted by Gasteiger charge is -2.33. The van der Waals surface area contributed by atoms with Crippen LogP contribution in [0.2, 0.25) is 0 Å². The molecular formula is C21H31N5O3. The molecule has 4 rings (SSSR count). The predicted octanol–water partition coefficient (Wildman–Crippen LogP) is 0.823. The minimum Gasteiger partial charge on any atom is -0.393 e. The summed E-state index contributed by atoms with van der Waals surface area (Å²) >= 11 is 0. The largest absolute Gasteiger partial charge is 0.393 e. The summed E-state index contributed by atoms with van der Waals surface area (Å²) < 4.78 is 0. The fourth-order valence-corrected chi connectivity index (χ4v) is 4.52. The van der Waals surface area contributed by atoms with E-state index in [1.807, 2.05) is 4.90 Å². The summed E-state index contributed by atoms with van der Waals surface area (Å²) in [6.07, 6.45) is 7.69. The molecule has 158 valence electrons. The van der Waals surface area contributed by atoms with E-state index in [0.717, 1.165) is 25.3 Å². The number of hydrogen-bond acceptors (Lipinski definition) is 6. The monoisotopic (exact) mass is 401 g/mol. The Kier molecular flexibility index (Phi) is 6.40. The molecule has 3 heterocycles. The molecule has 2 amide bonds. The van der Waals surface area contributed by atoms with Crippen LogP contribution in [0.3, 0.4) is 0 Å². The molecule has 2 atom stereocenters. The van der Waals surface area contributed by atoms with Gasteiger partial charge in [0, 0.05) is 50.9 Å². The second kappa shape index (κ2) is 9.17. The third kappa shape index (κ3) is 5.30. The van der Waals surface area contributed by atoms with Gasteiger partial charge in [0.15, 0.2) is 5.69 Å². The van der Waals surface area contributed by atoms with Crippen molar-refractivity contribution in [3.05, 3.63) is 24.0 Å². The third-order valence-electron chi connectivity index (χ3n) is 6.47. The number of likely N-dealkylation sites (tertiary alicyclic amines) is 2. The Hall–Kier alpha value is -2.06. The Labute approximate surface area is 171 Å². The van der Waals surface area contributed by atoms with Crippen LogP contribution in [-0.4, -0.2) is 81.3 Å². The molecule has 1 aromatic heterocycles. The molecule has 2 saturated heterocycles. The van der Waals surface area contributed by atoms with Gasteiger partial charge in [-0.05, 0) is 56.6 Å². The first-order valence-corrected chi connectivity index (χ1v) is 10.9. The molecule has 1 saturated carbocycles. The lowest BCUT2D eigenvalue weighted by molar-refractivity contribution is -0.134. The first kappa shape index (κ1) is 20.2. The number of hydrogen-bond donors (Lipinski definition) is 2. The Morgan fingerprint density at radius 1 is 1.10 bits per heavy atom. The normalized spacial score (nSPS) is 25.9. The number of aromatic nitrogens is 2. The van der Waals surface area contributed by atoms with E-state index in [4.69, 9.17) is 0 Å². The van der Waals surface area contributed by atoms with Crippen molar-refractivity contribution in [3.63, 3.8) is 0 Å². The number of nitrogens with one attached hydrogen (secondary N) is 1. The summed E-state index contributed by atoms with van der Waals surface area (Å²) in [6.45, 7) is 2.91. The third-order valence-corrected chi connectivity index (χ3v) is 6.47. The van der Waals surface area contributed by atoms with E-state index in [1.54, 1.807) is 18.3 Å². The van der Waals surface area contributed by atoms with Crippen molar-refractivity contribution < 1.29 is 14.7 Å². The summed E-state index contributed by atoms with van der Waals surface area (Å²) in [5.41, 5.74) is 0.332. The van der Waals surface area contributed by atoms with Crippen LogP contribution in [0.4, 0.5) is 0 Å². The number of aliphatic hydroxyl groups is 1. The average molecular weight is 402 g/mol. The van der Waals surface area contributed by atoms with Crippen molar-refractivity contribution in [2.45, 2.75) is 63.1 Å². The zero-order valence-electron chi connectivity index (χ0n) is 16.9. The number of carbonyl (C=O) groups excluding carboxylic acids is 2. The number of carbonyl (C=O) groups is 2. The van der Waals surface area contributed by atoms with Gasteiger partial charge in [-0.3, -0.25) is 14.5 Å². The lowest BCUT2D eigenvalue weighted by atomic mass is 10.1. The quantitative estimate of drug-likeness (QED) is 0.702. The van der Waals surface area contributed by atoms with Crippen molar-refractivity contribution in [3.8, 4) is 0 Å². The molecule has 29 heavy (non-hydrogen) atoms. The summed E-state index contributed by atoms with van der Waals surface area (Å²) in [4.78, 5) is 29.5. The molecule has 8 heteroatoms. The fourth-order valence-electron chi connectivity index (χ4n) is 4.52. The van der Waals surface area contributed by atoms with Crippen molar-refractivity contribution in [2.75, 3.05) is 26.2 Å². The zero-order chi connectivity index (χ0) is 20.2. The zero-order valence-corrected chi connectivity index (χ0v) is 16.9. The topological polar surface area (TPSA) is 98.7 Å². The highest BCUT2D eigenvalue weighted by molar-refractivity contribution is 5.91. The maximum absolute atomic E-state index is 12.8. The molecule has 3 aliphatic rings. The van der Waals surface area contributed by atoms with E-state index in [-0.39, 0.29) is 30.0 Å². The van der Waals surface area contributed by atoms with Crippen LogP contribution < -0.4 is 5.32 Å². The first-order chi connectivity index (χ1) is 14.1. The van der Waals surface area contributed by atoms with Crippen molar-refractivity contribution >= 4 is 11.8 Å². The maximum Gasteiger partial charge on any atom is 0.271 e. The Bertz CT molecular complexity index is 704. The number of aliphatic hydroxyl groups excluding tert-OH is 1. The van der Waals surface area contributed by atoms with Gasteiger partial charge < -0.3 is 15.3 Å². The smallest absolute Gasteiger partial charge is 0.271 e. The van der Waals surface area contributed by atoms with Crippen molar-refractivity contribution in [1.29, 1.82) is 0 Å². The maximum atomic E-state index is 12.8. The molecule has 0 spiro atoms. The standard InChI is InChI=1S/C21H31N5O3/c27-18-7-10-25(11-8-18)20(28)12-16-5-6-17(26(16)14-15-3-4-15)13-22-21(29)19-2-1-9-23-24-19/h1-2,9,15-18,27H,3-8,10-14H2,(H,22,29)/t16-,17+/m1/s1. The van der Waals surface area contributed by atoms with Crippen LogP contribution in [0.15, 0.2) is 18.3 Å². The average Bonchev–Trinajstić information content (AvgIpc) is 3.49. The Morgan fingerprint density at radius 2 is 1.86 bits per heavy atom. The second-order valence-electron chi connectivity index (χ2n) is 8.66. The van der Waals surface area contributed by atoms with Gasteiger partial charge in [0.2, 0.25) is 5.91 Å². The van der Waals surface area contributed by atoms with Crippen LogP contribution in [-0.2, 0) is 4.79 Å². The molecule has 0 bridgehead atoms. The highest BCUT2D eigenvalue weighted by atomic mass is 16.3. The summed E-state index contributed by atoms with van der Waals surface area (Å²) in [5.74, 6) is 0.733. The summed E-state index contributed by atoms with van der Waals surface area (Å²) in [5, 5.41) is 20.3. The van der Waals surface area contributed by atoms with E-state index in [1.165, 1.54) is 12.8 Å². The van der Waals surface area contributed by atoms with Crippen molar-refractivity contribution in [2.24, 2.45) is 5.92 Å². The van der Waals surface area contributed by atoms with Crippen molar-refractivity contribution in [1.82, 2.24) is 25.3 Å². The van der Waals surface area contributed by atoms with Gasteiger partial charge in [0.25, 0.3) is 5.91 Å². The van der Waals surface area contributed by atoms with Crippen LogP contribution in [0.5, 0.6) is 0 Å². The predicted molar refractivity (Wildman–Crippen MR) is 107 cm³/mol. The van der Waals surface area contributed by atoms with Crippen LogP contribution in [0.1, 0.15) is 55.4 Å². The van der Waals surface area contributed by atoms with Gasteiger partial charge in [-0.15, -0.1) is 5.10 Å². The van der Waals surface area contributed by atoms with Crippen LogP contribution >= 0.6 is 0 Å². The van der Waals surface area contributed by atoms with Gasteiger partial charge in [-0.2, -0.15) is 5.10 Å². The van der Waals surface area contributed by atoms with Gasteiger partial charge in [-0.1, -0.05) is 0 Å². The van der Waals surface area contributed by atoms with Gasteiger partial charge >= 0.3 is 0 Å². The van der Waals surface area contributed by atoms with Gasteiger partial charge in [-0.25, -0.2) is 0 Å². The Balaban J connectivity index is 1.32.